The molecule has 0 bridgehead atoms. The minimum atomic E-state index is -0.0935. The number of aromatic nitrogens is 4. The SMILES string of the molecule is CC(C)(C)OCCSc1nnnn1CCN. The van der Waals surface area contributed by atoms with E-state index in [9.17, 15) is 0 Å². The highest BCUT2D eigenvalue weighted by atomic mass is 32.2. The topological polar surface area (TPSA) is 78.9 Å². The van der Waals surface area contributed by atoms with Crippen LogP contribution in [0.1, 0.15) is 20.8 Å². The summed E-state index contributed by atoms with van der Waals surface area (Å²) in [5.41, 5.74) is 5.36. The monoisotopic (exact) mass is 245 g/mol. The van der Waals surface area contributed by atoms with Crippen molar-refractivity contribution in [2.24, 2.45) is 5.73 Å². The summed E-state index contributed by atoms with van der Waals surface area (Å²) in [4.78, 5) is 0. The molecule has 0 saturated carbocycles. The fourth-order valence-corrected chi connectivity index (χ4v) is 1.76. The number of hydrogen-bond acceptors (Lipinski definition) is 6. The Morgan fingerprint density at radius 2 is 2.19 bits per heavy atom. The molecule has 1 rings (SSSR count). The van der Waals surface area contributed by atoms with E-state index < -0.39 is 0 Å². The van der Waals surface area contributed by atoms with Crippen molar-refractivity contribution in [2.45, 2.75) is 38.1 Å². The van der Waals surface area contributed by atoms with Gasteiger partial charge in [-0.15, -0.1) is 5.10 Å². The molecule has 0 spiro atoms. The lowest BCUT2D eigenvalue weighted by Crippen LogP contribution is -2.20. The highest BCUT2D eigenvalue weighted by Gasteiger charge is 2.10. The number of nitrogens with zero attached hydrogens (tertiary/aromatic N) is 4. The van der Waals surface area contributed by atoms with Crippen molar-refractivity contribution in [3.8, 4) is 0 Å². The van der Waals surface area contributed by atoms with Crippen LogP contribution in [0.5, 0.6) is 0 Å². The maximum atomic E-state index is 5.60. The molecule has 0 aliphatic rings. The number of tetrazole rings is 1. The van der Waals surface area contributed by atoms with Crippen molar-refractivity contribution in [1.82, 2.24) is 20.2 Å². The van der Waals surface area contributed by atoms with Crippen molar-refractivity contribution in [2.75, 3.05) is 18.9 Å². The average molecular weight is 245 g/mol. The molecule has 0 fully saturated rings. The highest BCUT2D eigenvalue weighted by molar-refractivity contribution is 7.99. The maximum Gasteiger partial charge on any atom is 0.209 e. The predicted octanol–water partition coefficient (Wildman–Crippen LogP) is 0.539. The normalized spacial score (nSPS) is 12.0. The van der Waals surface area contributed by atoms with Crippen LogP contribution in [0.2, 0.25) is 0 Å². The van der Waals surface area contributed by atoms with Gasteiger partial charge >= 0.3 is 0 Å². The fourth-order valence-electron chi connectivity index (χ4n) is 1.04. The van der Waals surface area contributed by atoms with E-state index in [2.05, 4.69) is 15.5 Å². The Labute approximate surface area is 99.9 Å². The van der Waals surface area contributed by atoms with Gasteiger partial charge < -0.3 is 10.5 Å². The molecule has 0 radical (unpaired) electrons. The van der Waals surface area contributed by atoms with E-state index in [0.29, 0.717) is 19.7 Å². The van der Waals surface area contributed by atoms with Crippen molar-refractivity contribution in [3.63, 3.8) is 0 Å². The molecule has 0 unspecified atom stereocenters. The molecule has 1 aromatic heterocycles. The van der Waals surface area contributed by atoms with Gasteiger partial charge in [0, 0.05) is 12.3 Å². The number of thioether (sulfide) groups is 1. The zero-order chi connectivity index (χ0) is 12.0. The Kier molecular flexibility index (Phi) is 5.17. The molecule has 0 atom stereocenters. The number of rotatable bonds is 6. The maximum absolute atomic E-state index is 5.60. The lowest BCUT2D eigenvalue weighted by molar-refractivity contribution is 0.00692. The molecule has 92 valence electrons. The molecule has 1 aromatic rings. The third kappa shape index (κ3) is 4.91. The molecule has 16 heavy (non-hydrogen) atoms. The van der Waals surface area contributed by atoms with E-state index >= 15 is 0 Å². The van der Waals surface area contributed by atoms with Crippen LogP contribution >= 0.6 is 11.8 Å². The highest BCUT2D eigenvalue weighted by Crippen LogP contribution is 2.14. The lowest BCUT2D eigenvalue weighted by atomic mass is 10.2. The largest absolute Gasteiger partial charge is 0.375 e. The first-order valence-electron chi connectivity index (χ1n) is 5.26. The molecule has 0 aliphatic heterocycles. The Balaban J connectivity index is 2.29. The Morgan fingerprint density at radius 1 is 1.44 bits per heavy atom. The summed E-state index contributed by atoms with van der Waals surface area (Å²) in [6.07, 6.45) is 0. The molecule has 6 nitrogen and oxygen atoms in total. The molecule has 0 aromatic carbocycles. The van der Waals surface area contributed by atoms with Gasteiger partial charge in [0.25, 0.3) is 0 Å². The van der Waals surface area contributed by atoms with E-state index in [1.165, 1.54) is 0 Å². The second kappa shape index (κ2) is 6.17. The standard InChI is InChI=1S/C9H19N5OS/c1-9(2,3)15-6-7-16-8-11-12-13-14(8)5-4-10/h4-7,10H2,1-3H3. The van der Waals surface area contributed by atoms with E-state index in [1.54, 1.807) is 16.4 Å². The van der Waals surface area contributed by atoms with E-state index in [1.807, 2.05) is 20.8 Å². The second-order valence-corrected chi connectivity index (χ2v) is 5.34. The Morgan fingerprint density at radius 3 is 2.81 bits per heavy atom. The fraction of sp³-hybridized carbons (Fsp3) is 0.889. The van der Waals surface area contributed by atoms with E-state index in [-0.39, 0.29) is 5.60 Å². The van der Waals surface area contributed by atoms with Crippen LogP contribution in [0.15, 0.2) is 5.16 Å². The lowest BCUT2D eigenvalue weighted by Gasteiger charge is -2.18. The first-order chi connectivity index (χ1) is 7.53. The zero-order valence-electron chi connectivity index (χ0n) is 10.0. The number of nitrogens with two attached hydrogens (primary N) is 1. The van der Waals surface area contributed by atoms with E-state index in [4.69, 9.17) is 10.5 Å². The van der Waals surface area contributed by atoms with Gasteiger partial charge in [-0.3, -0.25) is 0 Å². The van der Waals surface area contributed by atoms with Crippen molar-refractivity contribution >= 4 is 11.8 Å². The minimum absolute atomic E-state index is 0.0935. The van der Waals surface area contributed by atoms with Crippen LogP contribution in [0.4, 0.5) is 0 Å². The van der Waals surface area contributed by atoms with Gasteiger partial charge in [-0.1, -0.05) is 11.8 Å². The first kappa shape index (κ1) is 13.4. The molecule has 0 aliphatic carbocycles. The molecule has 0 amide bonds. The van der Waals surface area contributed by atoms with Gasteiger partial charge in [0.2, 0.25) is 5.16 Å². The van der Waals surface area contributed by atoms with Crippen LogP contribution in [0, 0.1) is 0 Å². The van der Waals surface area contributed by atoms with Crippen molar-refractivity contribution in [3.05, 3.63) is 0 Å². The third-order valence-electron chi connectivity index (χ3n) is 1.69. The third-order valence-corrected chi connectivity index (χ3v) is 2.61. The second-order valence-electron chi connectivity index (χ2n) is 4.28. The summed E-state index contributed by atoms with van der Waals surface area (Å²) in [7, 11) is 0. The van der Waals surface area contributed by atoms with Gasteiger partial charge in [0.1, 0.15) is 0 Å². The van der Waals surface area contributed by atoms with Gasteiger partial charge in [-0.25, -0.2) is 4.68 Å². The summed E-state index contributed by atoms with van der Waals surface area (Å²) in [5, 5.41) is 12.2. The molecule has 2 N–H and O–H groups in total. The molecule has 1 heterocycles. The predicted molar refractivity (Wildman–Crippen MR) is 63.3 cm³/mol. The zero-order valence-corrected chi connectivity index (χ0v) is 10.8. The summed E-state index contributed by atoms with van der Waals surface area (Å²) in [5.74, 6) is 0.836. The minimum Gasteiger partial charge on any atom is -0.375 e. The average Bonchev–Trinajstić information content (AvgIpc) is 2.60. The van der Waals surface area contributed by atoms with Gasteiger partial charge in [-0.05, 0) is 31.2 Å². The molecule has 0 saturated heterocycles. The Hall–Kier alpha value is -0.660. The number of ether oxygens (including phenoxy) is 1. The van der Waals surface area contributed by atoms with Crippen molar-refractivity contribution < 1.29 is 4.74 Å². The van der Waals surface area contributed by atoms with Crippen LogP contribution in [-0.4, -0.2) is 44.7 Å². The van der Waals surface area contributed by atoms with E-state index in [0.717, 1.165) is 10.9 Å². The molecule has 7 heteroatoms. The van der Waals surface area contributed by atoms with Gasteiger partial charge in [0.15, 0.2) is 0 Å². The van der Waals surface area contributed by atoms with Crippen LogP contribution in [0.25, 0.3) is 0 Å². The Bertz CT molecular complexity index is 309. The first-order valence-corrected chi connectivity index (χ1v) is 6.24. The molecular weight excluding hydrogens is 226 g/mol. The smallest absolute Gasteiger partial charge is 0.209 e. The summed E-state index contributed by atoms with van der Waals surface area (Å²) in [6.45, 7) is 7.98. The van der Waals surface area contributed by atoms with Crippen LogP contribution < -0.4 is 5.73 Å². The summed E-state index contributed by atoms with van der Waals surface area (Å²) in [6, 6.07) is 0. The van der Waals surface area contributed by atoms with Crippen molar-refractivity contribution in [1.29, 1.82) is 0 Å². The summed E-state index contributed by atoms with van der Waals surface area (Å²) >= 11 is 1.58. The van der Waals surface area contributed by atoms with Gasteiger partial charge in [-0.2, -0.15) is 0 Å². The van der Waals surface area contributed by atoms with Gasteiger partial charge in [0.05, 0.1) is 18.8 Å². The number of hydrogen-bond donors (Lipinski definition) is 1. The van der Waals surface area contributed by atoms with Crippen LogP contribution in [0.3, 0.4) is 0 Å². The summed E-state index contributed by atoms with van der Waals surface area (Å²) < 4.78 is 7.31. The van der Waals surface area contributed by atoms with Crippen LogP contribution in [-0.2, 0) is 11.3 Å². The quantitative estimate of drug-likeness (QED) is 0.582. The molecular formula is C9H19N5OS.